The van der Waals surface area contributed by atoms with Gasteiger partial charge in [0.1, 0.15) is 5.60 Å². The molecule has 5 rings (SSSR count). The van der Waals surface area contributed by atoms with Crippen LogP contribution in [0.4, 0.5) is 0 Å². The molecule has 2 N–H and O–H groups in total. The molecule has 2 amide bonds. The van der Waals surface area contributed by atoms with Gasteiger partial charge in [-0.3, -0.25) is 15.0 Å². The van der Waals surface area contributed by atoms with Crippen LogP contribution in [0.2, 0.25) is 0 Å². The summed E-state index contributed by atoms with van der Waals surface area (Å²) in [7, 11) is 2.21. The maximum atomic E-state index is 13.1. The highest BCUT2D eigenvalue weighted by atomic mass is 16.3. The number of rotatable bonds is 3. The molecule has 4 atom stereocenters. The molecule has 5 aliphatic rings. The van der Waals surface area contributed by atoms with Gasteiger partial charge in [-0.15, -0.1) is 0 Å². The van der Waals surface area contributed by atoms with E-state index in [1.54, 1.807) is 4.90 Å². The minimum atomic E-state index is -1.09. The normalized spacial score (nSPS) is 40.5. The fourth-order valence-electron chi connectivity index (χ4n) is 7.02. The molecular formula is C24H40N4O3. The van der Waals surface area contributed by atoms with Gasteiger partial charge in [0.05, 0.1) is 0 Å². The number of piperazine rings is 1. The number of nitrogens with one attached hydrogen (secondary N) is 1. The number of carbonyl (C=O) groups excluding carboxylic acids is 2. The summed E-state index contributed by atoms with van der Waals surface area (Å²) in [4.78, 5) is 29.1. The van der Waals surface area contributed by atoms with Crippen molar-refractivity contribution in [3.05, 3.63) is 0 Å². The number of hydrazine groups is 1. The molecule has 174 valence electrons. The zero-order valence-electron chi connectivity index (χ0n) is 19.3. The summed E-state index contributed by atoms with van der Waals surface area (Å²) in [5, 5.41) is 12.4. The van der Waals surface area contributed by atoms with Crippen LogP contribution in [0.15, 0.2) is 0 Å². The molecule has 3 saturated carbocycles. The lowest BCUT2D eigenvalue weighted by molar-refractivity contribution is -0.148. The molecular weight excluding hydrogens is 392 g/mol. The second kappa shape index (κ2) is 8.31. The number of fused-ring (bicyclic) bond motifs is 1. The molecule has 2 saturated heterocycles. The van der Waals surface area contributed by atoms with Crippen molar-refractivity contribution in [3.63, 3.8) is 0 Å². The average molecular weight is 433 g/mol. The Hall–Kier alpha value is -1.18. The second-order valence-corrected chi connectivity index (χ2v) is 11.1. The smallest absolute Gasteiger partial charge is 0.254 e. The molecule has 2 heterocycles. The van der Waals surface area contributed by atoms with Crippen LogP contribution in [0.3, 0.4) is 0 Å². The highest BCUT2D eigenvalue weighted by Gasteiger charge is 2.50. The van der Waals surface area contributed by atoms with E-state index in [1.165, 1.54) is 32.1 Å². The zero-order chi connectivity index (χ0) is 21.8. The molecule has 0 bridgehead atoms. The van der Waals surface area contributed by atoms with Gasteiger partial charge in [-0.2, -0.15) is 0 Å². The van der Waals surface area contributed by atoms with E-state index in [0.717, 1.165) is 30.6 Å². The lowest BCUT2D eigenvalue weighted by atomic mass is 9.67. The summed E-state index contributed by atoms with van der Waals surface area (Å²) in [6, 6.07) is 1.29. The minimum absolute atomic E-state index is 0.132. The molecule has 0 spiro atoms. The minimum Gasteiger partial charge on any atom is -0.380 e. The highest BCUT2D eigenvalue weighted by molar-refractivity contribution is 5.88. The maximum Gasteiger partial charge on any atom is 0.254 e. The third kappa shape index (κ3) is 4.13. The third-order valence-electron chi connectivity index (χ3n) is 9.24. The molecule has 31 heavy (non-hydrogen) atoms. The van der Waals surface area contributed by atoms with Crippen LogP contribution in [-0.2, 0) is 9.59 Å². The Kier molecular flexibility index (Phi) is 5.80. The first-order chi connectivity index (χ1) is 14.9. The van der Waals surface area contributed by atoms with Crippen LogP contribution >= 0.6 is 0 Å². The van der Waals surface area contributed by atoms with Crippen LogP contribution < -0.4 is 5.43 Å². The Bertz CT molecular complexity index is 695. The summed E-state index contributed by atoms with van der Waals surface area (Å²) in [5.41, 5.74) is 2.51. The Labute approximate surface area is 186 Å². The number of hydrogen-bond donors (Lipinski definition) is 2. The Morgan fingerprint density at radius 2 is 1.52 bits per heavy atom. The molecule has 7 heteroatoms. The van der Waals surface area contributed by atoms with Gasteiger partial charge in [-0.25, -0.2) is 5.01 Å². The van der Waals surface area contributed by atoms with E-state index in [1.807, 2.05) is 4.90 Å². The Balaban J connectivity index is 1.08. The average Bonchev–Trinajstić information content (AvgIpc) is 3.49. The van der Waals surface area contributed by atoms with Crippen molar-refractivity contribution in [2.75, 3.05) is 33.2 Å². The monoisotopic (exact) mass is 432 g/mol. The van der Waals surface area contributed by atoms with Gasteiger partial charge < -0.3 is 14.9 Å². The number of amides is 2. The van der Waals surface area contributed by atoms with Gasteiger partial charge in [-0.1, -0.05) is 0 Å². The number of aliphatic hydroxyl groups is 1. The molecule has 4 unspecified atom stereocenters. The summed E-state index contributed by atoms with van der Waals surface area (Å²) in [6.45, 7) is 4.68. The van der Waals surface area contributed by atoms with Crippen molar-refractivity contribution in [2.45, 2.75) is 82.4 Å². The lowest BCUT2D eigenvalue weighted by Gasteiger charge is -2.42. The molecule has 2 aliphatic heterocycles. The van der Waals surface area contributed by atoms with Gasteiger partial charge in [0.25, 0.3) is 5.91 Å². The summed E-state index contributed by atoms with van der Waals surface area (Å²) in [5.74, 6) is 2.72. The Morgan fingerprint density at radius 3 is 2.16 bits per heavy atom. The second-order valence-electron chi connectivity index (χ2n) is 11.1. The lowest BCUT2D eigenvalue weighted by Crippen LogP contribution is -2.54. The summed E-state index contributed by atoms with van der Waals surface area (Å²) in [6.07, 6.45) is 9.61. The predicted octanol–water partition coefficient (Wildman–Crippen LogP) is 1.61. The highest BCUT2D eigenvalue weighted by Crippen LogP contribution is 2.45. The molecule has 0 radical (unpaired) electrons. The van der Waals surface area contributed by atoms with Crippen molar-refractivity contribution in [2.24, 2.45) is 23.7 Å². The first-order valence-corrected chi connectivity index (χ1v) is 12.7. The van der Waals surface area contributed by atoms with Gasteiger partial charge in [-0.05, 0) is 82.5 Å². The molecule has 0 aromatic carbocycles. The van der Waals surface area contributed by atoms with E-state index in [0.29, 0.717) is 57.0 Å². The van der Waals surface area contributed by atoms with E-state index in [9.17, 15) is 14.7 Å². The molecule has 0 aromatic heterocycles. The van der Waals surface area contributed by atoms with Crippen LogP contribution in [0.1, 0.15) is 64.7 Å². The Morgan fingerprint density at radius 1 is 0.903 bits per heavy atom. The fourth-order valence-corrected chi connectivity index (χ4v) is 7.02. The van der Waals surface area contributed by atoms with Crippen LogP contribution in [0.5, 0.6) is 0 Å². The number of hydrogen-bond acceptors (Lipinski definition) is 5. The maximum absolute atomic E-state index is 13.1. The van der Waals surface area contributed by atoms with Gasteiger partial charge in [0.15, 0.2) is 0 Å². The zero-order valence-corrected chi connectivity index (χ0v) is 19.3. The van der Waals surface area contributed by atoms with Crippen molar-refractivity contribution >= 4 is 11.8 Å². The number of nitrogens with zero attached hydrogens (tertiary/aromatic N) is 3. The van der Waals surface area contributed by atoms with Gasteiger partial charge >= 0.3 is 0 Å². The molecule has 7 nitrogen and oxygen atoms in total. The fraction of sp³-hybridized carbons (Fsp3) is 0.917. The predicted molar refractivity (Wildman–Crippen MR) is 118 cm³/mol. The topological polar surface area (TPSA) is 76.1 Å². The van der Waals surface area contributed by atoms with Crippen LogP contribution in [0.25, 0.3) is 0 Å². The first-order valence-electron chi connectivity index (χ1n) is 12.7. The van der Waals surface area contributed by atoms with E-state index in [-0.39, 0.29) is 11.8 Å². The summed E-state index contributed by atoms with van der Waals surface area (Å²) < 4.78 is 0. The number of carbonyl (C=O) groups is 2. The SMILES string of the molecule is CC1NN(C)C2CC(C3CCC(C(=O)N4CCN(C(=O)C5(O)CC5)CC4)CC3)CCC12. The van der Waals surface area contributed by atoms with E-state index < -0.39 is 5.60 Å². The van der Waals surface area contributed by atoms with Crippen LogP contribution in [0, 0.1) is 23.7 Å². The third-order valence-corrected chi connectivity index (χ3v) is 9.24. The van der Waals surface area contributed by atoms with Crippen molar-refractivity contribution in [1.29, 1.82) is 0 Å². The summed E-state index contributed by atoms with van der Waals surface area (Å²) >= 11 is 0. The van der Waals surface area contributed by atoms with Crippen molar-refractivity contribution < 1.29 is 14.7 Å². The quantitative estimate of drug-likeness (QED) is 0.709. The first kappa shape index (κ1) is 21.7. The van der Waals surface area contributed by atoms with Crippen molar-refractivity contribution in [1.82, 2.24) is 20.2 Å². The van der Waals surface area contributed by atoms with Crippen LogP contribution in [-0.4, -0.2) is 82.6 Å². The largest absolute Gasteiger partial charge is 0.380 e. The molecule has 0 aromatic rings. The van der Waals surface area contributed by atoms with Gasteiger partial charge in [0, 0.05) is 51.2 Å². The van der Waals surface area contributed by atoms with Crippen molar-refractivity contribution in [3.8, 4) is 0 Å². The van der Waals surface area contributed by atoms with E-state index in [2.05, 4.69) is 24.4 Å². The van der Waals surface area contributed by atoms with Gasteiger partial charge in [0.2, 0.25) is 5.91 Å². The standard InChI is InChI=1S/C24H40N4O3/c1-16-20-8-7-19(15-21(20)26(2)25-16)17-3-5-18(6-4-17)22(29)27-11-13-28(14-12-27)23(30)24(31)9-10-24/h16-21,25,31H,3-15H2,1-2H3. The van der Waals surface area contributed by atoms with E-state index in [4.69, 9.17) is 0 Å². The molecule has 3 aliphatic carbocycles. The van der Waals surface area contributed by atoms with E-state index >= 15 is 0 Å². The molecule has 5 fully saturated rings.